The van der Waals surface area contributed by atoms with E-state index < -0.39 is 11.8 Å². The molecule has 37 heavy (non-hydrogen) atoms. The van der Waals surface area contributed by atoms with Crippen LogP contribution in [0.15, 0.2) is 72.8 Å². The van der Waals surface area contributed by atoms with Crippen LogP contribution in [0.4, 0.5) is 10.1 Å². The Morgan fingerprint density at radius 3 is 2.46 bits per heavy atom. The third-order valence-electron chi connectivity index (χ3n) is 5.93. The maximum Gasteiger partial charge on any atom is 0.303 e. The molecule has 0 unspecified atom stereocenters. The third-order valence-corrected chi connectivity index (χ3v) is 5.93. The van der Waals surface area contributed by atoms with E-state index in [0.717, 1.165) is 33.6 Å². The second-order valence-electron chi connectivity index (χ2n) is 8.90. The van der Waals surface area contributed by atoms with Crippen LogP contribution < -0.4 is 15.2 Å². The average Bonchev–Trinajstić information content (AvgIpc) is 2.85. The number of nitrogens with two attached hydrogens (primary N) is 1. The molecule has 1 heterocycles. The molecule has 0 spiro atoms. The molecule has 190 valence electrons. The lowest BCUT2D eigenvalue weighted by atomic mass is 9.97. The summed E-state index contributed by atoms with van der Waals surface area (Å²) < 4.78 is 26.0. The first-order valence-corrected chi connectivity index (χ1v) is 12.0. The quantitative estimate of drug-likeness (QED) is 0.250. The summed E-state index contributed by atoms with van der Waals surface area (Å²) in [6, 6.07) is 21.9. The molecule has 0 fully saturated rings. The number of aromatic nitrogens is 1. The van der Waals surface area contributed by atoms with E-state index in [1.54, 1.807) is 12.1 Å². The van der Waals surface area contributed by atoms with Crippen LogP contribution >= 0.6 is 0 Å². The van der Waals surface area contributed by atoms with E-state index in [2.05, 4.69) is 4.98 Å². The molecule has 0 saturated heterocycles. The zero-order chi connectivity index (χ0) is 26.4. The van der Waals surface area contributed by atoms with Gasteiger partial charge in [0.2, 0.25) is 0 Å². The molecule has 3 N–H and O–H groups in total. The van der Waals surface area contributed by atoms with Crippen molar-refractivity contribution in [2.75, 3.05) is 5.73 Å². The first-order valence-electron chi connectivity index (χ1n) is 12.0. The molecule has 0 atom stereocenters. The van der Waals surface area contributed by atoms with Crippen molar-refractivity contribution in [3.63, 3.8) is 0 Å². The minimum Gasteiger partial charge on any atom is -0.489 e. The number of pyridine rings is 1. The molecular weight excluding hydrogens is 471 g/mol. The van der Waals surface area contributed by atoms with Gasteiger partial charge in [-0.1, -0.05) is 30.3 Å². The molecule has 0 aliphatic carbocycles. The zero-order valence-corrected chi connectivity index (χ0v) is 20.8. The van der Waals surface area contributed by atoms with Gasteiger partial charge in [-0.25, -0.2) is 4.39 Å². The number of aliphatic carboxylic acids is 1. The number of carbonyl (C=O) groups is 1. The lowest BCUT2D eigenvalue weighted by molar-refractivity contribution is -0.136. The number of rotatable bonds is 10. The number of hydrogen-bond donors (Lipinski definition) is 2. The van der Waals surface area contributed by atoms with Crippen LogP contribution in [0.3, 0.4) is 0 Å². The van der Waals surface area contributed by atoms with E-state index in [1.807, 2.05) is 68.4 Å². The van der Waals surface area contributed by atoms with E-state index in [0.29, 0.717) is 29.4 Å². The topological polar surface area (TPSA) is 94.7 Å². The summed E-state index contributed by atoms with van der Waals surface area (Å²) in [7, 11) is 0. The molecule has 4 rings (SSSR count). The molecular formula is C30H29FN2O4. The zero-order valence-electron chi connectivity index (χ0n) is 20.8. The van der Waals surface area contributed by atoms with E-state index in [4.69, 9.17) is 20.3 Å². The molecule has 6 nitrogen and oxygen atoms in total. The first kappa shape index (κ1) is 25.7. The average molecular weight is 501 g/mol. The van der Waals surface area contributed by atoms with Crippen LogP contribution in [0, 0.1) is 19.7 Å². The van der Waals surface area contributed by atoms with Gasteiger partial charge in [0.25, 0.3) is 0 Å². The van der Waals surface area contributed by atoms with Crippen LogP contribution in [0.1, 0.15) is 34.5 Å². The number of carboxylic acids is 1. The van der Waals surface area contributed by atoms with Gasteiger partial charge >= 0.3 is 5.97 Å². The normalized spacial score (nSPS) is 10.8. The Labute approximate surface area is 215 Å². The van der Waals surface area contributed by atoms with Crippen molar-refractivity contribution >= 4 is 11.7 Å². The van der Waals surface area contributed by atoms with Crippen molar-refractivity contribution in [1.82, 2.24) is 4.98 Å². The van der Waals surface area contributed by atoms with Gasteiger partial charge in [-0.2, -0.15) is 0 Å². The maximum atomic E-state index is 14.3. The second kappa shape index (κ2) is 11.6. The van der Waals surface area contributed by atoms with Crippen molar-refractivity contribution in [3.05, 3.63) is 107 Å². The Kier molecular flexibility index (Phi) is 8.03. The number of nitrogen functional groups attached to an aromatic ring is 1. The number of anilines is 1. The number of ether oxygens (including phenoxy) is 2. The fourth-order valence-corrected chi connectivity index (χ4v) is 4.14. The summed E-state index contributed by atoms with van der Waals surface area (Å²) in [6.45, 7) is 4.53. The predicted molar refractivity (Wildman–Crippen MR) is 141 cm³/mol. The highest BCUT2D eigenvalue weighted by atomic mass is 19.1. The highest BCUT2D eigenvalue weighted by molar-refractivity contribution is 5.80. The summed E-state index contributed by atoms with van der Waals surface area (Å²) in [5.41, 5.74) is 12.9. The van der Waals surface area contributed by atoms with E-state index in [-0.39, 0.29) is 19.4 Å². The highest BCUT2D eigenvalue weighted by Gasteiger charge is 2.12. The highest BCUT2D eigenvalue weighted by Crippen LogP contribution is 2.34. The number of carboxylic acid groups (broad SMARTS) is 1. The van der Waals surface area contributed by atoms with E-state index in [9.17, 15) is 9.18 Å². The monoisotopic (exact) mass is 500 g/mol. The van der Waals surface area contributed by atoms with Gasteiger partial charge in [-0.15, -0.1) is 0 Å². The van der Waals surface area contributed by atoms with Crippen LogP contribution in [0.25, 0.3) is 11.1 Å². The molecule has 0 radical (unpaired) electrons. The molecule has 0 saturated carbocycles. The standard InChI is InChI=1S/C30H29FN2O4/c1-19-13-26(37-18-24-8-3-5-20(2)33-24)16-28(32)30(19)23-7-4-6-21(14-23)17-36-25-11-9-22(27(31)15-25)10-12-29(34)35/h3-9,11,13-16H,10,12,17-18,32H2,1-2H3,(H,34,35). The van der Waals surface area contributed by atoms with E-state index in [1.165, 1.54) is 6.07 Å². The minimum atomic E-state index is -0.961. The molecule has 0 aliphatic rings. The van der Waals surface area contributed by atoms with E-state index >= 15 is 0 Å². The van der Waals surface area contributed by atoms with Crippen LogP contribution in [0.5, 0.6) is 11.5 Å². The lowest BCUT2D eigenvalue weighted by Gasteiger charge is -2.15. The van der Waals surface area contributed by atoms with Crippen LogP contribution in [-0.4, -0.2) is 16.1 Å². The van der Waals surface area contributed by atoms with Gasteiger partial charge in [-0.3, -0.25) is 9.78 Å². The summed E-state index contributed by atoms with van der Waals surface area (Å²) >= 11 is 0. The van der Waals surface area contributed by atoms with Gasteiger partial charge in [-0.05, 0) is 72.9 Å². The molecule has 4 aromatic rings. The molecule has 0 amide bonds. The summed E-state index contributed by atoms with van der Waals surface area (Å²) in [4.78, 5) is 15.2. The van der Waals surface area contributed by atoms with Crippen molar-refractivity contribution in [3.8, 4) is 22.6 Å². The molecule has 3 aromatic carbocycles. The van der Waals surface area contributed by atoms with Gasteiger partial charge in [0.05, 0.1) is 5.69 Å². The Balaban J connectivity index is 1.44. The SMILES string of the molecule is Cc1cccc(COc2cc(C)c(-c3cccc(COc4ccc(CCC(=O)O)c(F)c4)c3)c(N)c2)n1. The van der Waals surface area contributed by atoms with Gasteiger partial charge in [0, 0.05) is 35.5 Å². The van der Waals surface area contributed by atoms with Gasteiger partial charge in [0.1, 0.15) is 30.5 Å². The molecule has 0 bridgehead atoms. The summed E-state index contributed by atoms with van der Waals surface area (Å²) in [5.74, 6) is -0.383. The third kappa shape index (κ3) is 6.85. The first-order chi connectivity index (χ1) is 17.8. The second-order valence-corrected chi connectivity index (χ2v) is 8.90. The van der Waals surface area contributed by atoms with Crippen LogP contribution in [0.2, 0.25) is 0 Å². The minimum absolute atomic E-state index is 0.122. The van der Waals surface area contributed by atoms with Crippen molar-refractivity contribution in [2.24, 2.45) is 0 Å². The number of halogens is 1. The molecule has 7 heteroatoms. The Morgan fingerprint density at radius 2 is 1.73 bits per heavy atom. The van der Waals surface area contributed by atoms with Crippen molar-refractivity contribution in [1.29, 1.82) is 0 Å². The largest absolute Gasteiger partial charge is 0.489 e. The molecule has 1 aromatic heterocycles. The van der Waals surface area contributed by atoms with Crippen LogP contribution in [-0.2, 0) is 24.4 Å². The number of hydrogen-bond acceptors (Lipinski definition) is 5. The summed E-state index contributed by atoms with van der Waals surface area (Å²) in [5, 5.41) is 8.79. The number of nitrogens with zero attached hydrogens (tertiary/aromatic N) is 1. The smallest absolute Gasteiger partial charge is 0.303 e. The number of benzene rings is 3. The predicted octanol–water partition coefficient (Wildman–Crippen LogP) is 6.26. The Bertz CT molecular complexity index is 1400. The van der Waals surface area contributed by atoms with Crippen molar-refractivity contribution < 1.29 is 23.8 Å². The Morgan fingerprint density at radius 1 is 0.946 bits per heavy atom. The van der Waals surface area contributed by atoms with Gasteiger partial charge < -0.3 is 20.3 Å². The lowest BCUT2D eigenvalue weighted by Crippen LogP contribution is -2.02. The maximum absolute atomic E-state index is 14.3. The molecule has 0 aliphatic heterocycles. The Hall–Kier alpha value is -4.39. The van der Waals surface area contributed by atoms with Gasteiger partial charge in [0.15, 0.2) is 0 Å². The summed E-state index contributed by atoms with van der Waals surface area (Å²) in [6.07, 6.45) is 0.0143. The number of aryl methyl sites for hydroxylation is 3. The fourth-order valence-electron chi connectivity index (χ4n) is 4.14. The fraction of sp³-hybridized carbons (Fsp3) is 0.200. The van der Waals surface area contributed by atoms with Crippen molar-refractivity contribution in [2.45, 2.75) is 39.9 Å².